The lowest BCUT2D eigenvalue weighted by atomic mass is 10.0. The Labute approximate surface area is 137 Å². The van der Waals surface area contributed by atoms with Crippen LogP contribution in [0.2, 0.25) is 0 Å². The molecule has 0 unspecified atom stereocenters. The van der Waals surface area contributed by atoms with Gasteiger partial charge in [-0.15, -0.1) is 0 Å². The van der Waals surface area contributed by atoms with Crippen LogP contribution in [0.25, 0.3) is 0 Å². The highest BCUT2D eigenvalue weighted by atomic mass is 19.2. The summed E-state index contributed by atoms with van der Waals surface area (Å²) in [7, 11) is 0. The molecule has 1 N–H and O–H groups in total. The highest BCUT2D eigenvalue weighted by Gasteiger charge is 2.23. The quantitative estimate of drug-likeness (QED) is 0.876. The van der Waals surface area contributed by atoms with Crippen LogP contribution in [0.1, 0.15) is 42.4 Å². The van der Waals surface area contributed by atoms with Crippen LogP contribution in [-0.2, 0) is 19.5 Å². The van der Waals surface area contributed by atoms with Crippen LogP contribution in [-0.4, -0.2) is 21.4 Å². The molecule has 0 atom stereocenters. The van der Waals surface area contributed by atoms with E-state index >= 15 is 0 Å². The minimum Gasteiger partial charge on any atom is -0.310 e. The molecule has 1 aromatic carbocycles. The summed E-state index contributed by atoms with van der Waals surface area (Å²) in [5.74, 6) is -2.35. The van der Waals surface area contributed by atoms with Crippen molar-refractivity contribution < 1.29 is 13.2 Å². The van der Waals surface area contributed by atoms with E-state index < -0.39 is 17.5 Å². The largest absolute Gasteiger partial charge is 0.310 e. The lowest BCUT2D eigenvalue weighted by molar-refractivity contribution is 0.236. The van der Waals surface area contributed by atoms with Crippen LogP contribution in [0.5, 0.6) is 0 Å². The molecule has 128 valence electrons. The Morgan fingerprint density at radius 3 is 2.62 bits per heavy atom. The first kappa shape index (κ1) is 16.7. The molecule has 0 spiro atoms. The summed E-state index contributed by atoms with van der Waals surface area (Å²) < 4.78 is 40.2. The first-order valence-electron chi connectivity index (χ1n) is 7.83. The van der Waals surface area contributed by atoms with Crippen LogP contribution in [0.3, 0.4) is 0 Å². The third-order valence-corrected chi connectivity index (χ3v) is 4.20. The van der Waals surface area contributed by atoms with Crippen molar-refractivity contribution >= 4 is 0 Å². The van der Waals surface area contributed by atoms with Crippen molar-refractivity contribution in [3.8, 4) is 0 Å². The Bertz CT molecular complexity index is 833. The lowest BCUT2D eigenvalue weighted by Crippen LogP contribution is -2.35. The molecule has 1 aromatic heterocycles. The van der Waals surface area contributed by atoms with E-state index in [4.69, 9.17) is 0 Å². The third kappa shape index (κ3) is 3.21. The summed E-state index contributed by atoms with van der Waals surface area (Å²) in [4.78, 5) is 21.3. The molecule has 0 saturated carbocycles. The van der Waals surface area contributed by atoms with Crippen molar-refractivity contribution in [2.24, 2.45) is 0 Å². The SMILES string of the molecule is CC(C)c1nc2c(c(=O)[nH]1)CCN(Cc1cc(F)c(F)cc1F)C2. The first-order valence-corrected chi connectivity index (χ1v) is 7.83. The van der Waals surface area contributed by atoms with Gasteiger partial charge in [0.15, 0.2) is 11.6 Å². The molecule has 1 aliphatic rings. The van der Waals surface area contributed by atoms with Gasteiger partial charge in [0.05, 0.1) is 5.69 Å². The highest BCUT2D eigenvalue weighted by Crippen LogP contribution is 2.21. The fraction of sp³-hybridized carbons (Fsp3) is 0.412. The Hall–Kier alpha value is -2.15. The van der Waals surface area contributed by atoms with E-state index in [0.717, 1.165) is 6.07 Å². The van der Waals surface area contributed by atoms with E-state index in [9.17, 15) is 18.0 Å². The Morgan fingerprint density at radius 1 is 1.21 bits per heavy atom. The second kappa shape index (κ2) is 6.39. The minimum absolute atomic E-state index is 0.0852. The summed E-state index contributed by atoms with van der Waals surface area (Å²) in [6.45, 7) is 4.90. The molecule has 2 aromatic rings. The van der Waals surface area contributed by atoms with Crippen molar-refractivity contribution in [1.29, 1.82) is 0 Å². The molecule has 7 heteroatoms. The Kier molecular flexibility index (Phi) is 4.45. The zero-order valence-corrected chi connectivity index (χ0v) is 13.5. The molecular formula is C17H18F3N3O. The van der Waals surface area contributed by atoms with Crippen LogP contribution < -0.4 is 5.56 Å². The fourth-order valence-corrected chi connectivity index (χ4v) is 2.85. The van der Waals surface area contributed by atoms with Gasteiger partial charge >= 0.3 is 0 Å². The maximum absolute atomic E-state index is 13.8. The van der Waals surface area contributed by atoms with Gasteiger partial charge in [0, 0.05) is 42.7 Å². The van der Waals surface area contributed by atoms with Gasteiger partial charge in [-0.1, -0.05) is 13.8 Å². The molecule has 0 aliphatic carbocycles. The number of halogens is 3. The monoisotopic (exact) mass is 337 g/mol. The zero-order chi connectivity index (χ0) is 17.4. The van der Waals surface area contributed by atoms with Crippen LogP contribution in [0.15, 0.2) is 16.9 Å². The molecule has 1 aliphatic heterocycles. The van der Waals surface area contributed by atoms with E-state index in [1.54, 1.807) is 0 Å². The first-order chi connectivity index (χ1) is 11.3. The topological polar surface area (TPSA) is 49.0 Å². The predicted molar refractivity (Wildman–Crippen MR) is 83.1 cm³/mol. The van der Waals surface area contributed by atoms with Crippen LogP contribution in [0.4, 0.5) is 13.2 Å². The number of aromatic amines is 1. The summed E-state index contributed by atoms with van der Waals surface area (Å²) in [5, 5.41) is 0. The number of rotatable bonds is 3. The van der Waals surface area contributed by atoms with Gasteiger partial charge in [0.1, 0.15) is 11.6 Å². The molecule has 0 fully saturated rings. The van der Waals surface area contributed by atoms with Crippen molar-refractivity contribution in [2.75, 3.05) is 6.54 Å². The van der Waals surface area contributed by atoms with Crippen molar-refractivity contribution in [2.45, 2.75) is 39.3 Å². The molecule has 24 heavy (non-hydrogen) atoms. The standard InChI is InChI=1S/C17H18F3N3O/c1-9(2)16-21-15-8-23(4-3-11(15)17(24)22-16)7-10-5-13(19)14(20)6-12(10)18/h5-6,9H,3-4,7-8H2,1-2H3,(H,21,22,24). The van der Waals surface area contributed by atoms with E-state index in [1.807, 2.05) is 18.7 Å². The highest BCUT2D eigenvalue weighted by molar-refractivity contribution is 5.24. The second-order valence-electron chi connectivity index (χ2n) is 6.35. The van der Waals surface area contributed by atoms with Gasteiger partial charge in [-0.05, 0) is 12.5 Å². The molecule has 2 heterocycles. The van der Waals surface area contributed by atoms with Gasteiger partial charge in [0.2, 0.25) is 0 Å². The minimum atomic E-state index is -1.20. The molecule has 0 saturated heterocycles. The third-order valence-electron chi connectivity index (χ3n) is 4.20. The predicted octanol–water partition coefficient (Wildman–Crippen LogP) is 2.87. The summed E-state index contributed by atoms with van der Waals surface area (Å²) in [5.41, 5.74) is 1.26. The van der Waals surface area contributed by atoms with E-state index in [1.165, 1.54) is 0 Å². The van der Waals surface area contributed by atoms with Gasteiger partial charge < -0.3 is 4.98 Å². The number of aromatic nitrogens is 2. The normalized spacial score (nSPS) is 14.9. The molecular weight excluding hydrogens is 319 g/mol. The number of H-pyrrole nitrogens is 1. The molecule has 0 amide bonds. The fourth-order valence-electron chi connectivity index (χ4n) is 2.85. The van der Waals surface area contributed by atoms with Crippen molar-refractivity contribution in [1.82, 2.24) is 14.9 Å². The number of benzene rings is 1. The maximum Gasteiger partial charge on any atom is 0.254 e. The van der Waals surface area contributed by atoms with E-state index in [-0.39, 0.29) is 23.6 Å². The smallest absolute Gasteiger partial charge is 0.254 e. The van der Waals surface area contributed by atoms with E-state index in [0.29, 0.717) is 42.7 Å². The molecule has 0 radical (unpaired) electrons. The Balaban J connectivity index is 1.85. The molecule has 3 rings (SSSR count). The molecule has 0 bridgehead atoms. The van der Waals surface area contributed by atoms with Gasteiger partial charge in [-0.2, -0.15) is 0 Å². The van der Waals surface area contributed by atoms with Crippen LogP contribution >= 0.6 is 0 Å². The molecule has 4 nitrogen and oxygen atoms in total. The zero-order valence-electron chi connectivity index (χ0n) is 13.5. The number of fused-ring (bicyclic) bond motifs is 1. The maximum atomic E-state index is 13.8. The number of nitrogens with one attached hydrogen (secondary N) is 1. The lowest BCUT2D eigenvalue weighted by Gasteiger charge is -2.28. The summed E-state index contributed by atoms with van der Waals surface area (Å²) >= 11 is 0. The summed E-state index contributed by atoms with van der Waals surface area (Å²) in [6, 6.07) is 1.44. The summed E-state index contributed by atoms with van der Waals surface area (Å²) in [6.07, 6.45) is 0.487. The van der Waals surface area contributed by atoms with Gasteiger partial charge in [-0.25, -0.2) is 18.2 Å². The Morgan fingerprint density at radius 2 is 1.92 bits per heavy atom. The number of nitrogens with zero attached hydrogens (tertiary/aromatic N) is 2. The van der Waals surface area contributed by atoms with E-state index in [2.05, 4.69) is 9.97 Å². The second-order valence-corrected chi connectivity index (χ2v) is 6.35. The number of hydrogen-bond donors (Lipinski definition) is 1. The van der Waals surface area contributed by atoms with Gasteiger partial charge in [0.25, 0.3) is 5.56 Å². The van der Waals surface area contributed by atoms with Crippen molar-refractivity contribution in [3.63, 3.8) is 0 Å². The average molecular weight is 337 g/mol. The van der Waals surface area contributed by atoms with Crippen LogP contribution in [0, 0.1) is 17.5 Å². The average Bonchev–Trinajstić information content (AvgIpc) is 2.52. The van der Waals surface area contributed by atoms with Gasteiger partial charge in [-0.3, -0.25) is 9.69 Å². The number of hydrogen-bond acceptors (Lipinski definition) is 3. The van der Waals surface area contributed by atoms with Crippen molar-refractivity contribution in [3.05, 3.63) is 62.6 Å².